The van der Waals surface area contributed by atoms with E-state index in [1.165, 1.54) is 18.4 Å². The zero-order valence-corrected chi connectivity index (χ0v) is 20.2. The van der Waals surface area contributed by atoms with Gasteiger partial charge in [0.2, 0.25) is 0 Å². The van der Waals surface area contributed by atoms with Crippen molar-refractivity contribution in [2.24, 2.45) is 11.8 Å². The van der Waals surface area contributed by atoms with Gasteiger partial charge in [0.25, 0.3) is 0 Å². The van der Waals surface area contributed by atoms with Gasteiger partial charge in [0, 0.05) is 35.3 Å². The Labute approximate surface area is 199 Å². The number of rotatable bonds is 6. The fourth-order valence-electron chi connectivity index (χ4n) is 6.00. The maximum Gasteiger partial charge on any atom is 0.337 e. The summed E-state index contributed by atoms with van der Waals surface area (Å²) in [7, 11) is 4.74. The lowest BCUT2D eigenvalue weighted by Gasteiger charge is -2.46. The predicted octanol–water partition coefficient (Wildman–Crippen LogP) is 5.09. The number of H-pyrrole nitrogens is 1. The summed E-state index contributed by atoms with van der Waals surface area (Å²) in [4.78, 5) is 19.0. The Morgan fingerprint density at radius 2 is 2.12 bits per heavy atom. The third-order valence-corrected chi connectivity index (χ3v) is 7.63. The first-order valence-electron chi connectivity index (χ1n) is 11.9. The van der Waals surface area contributed by atoms with Crippen LogP contribution < -0.4 is 4.74 Å². The average molecular weight is 465 g/mol. The molecule has 34 heavy (non-hydrogen) atoms. The van der Waals surface area contributed by atoms with E-state index in [4.69, 9.17) is 18.6 Å². The molecule has 7 heteroatoms. The molecule has 5 rings (SSSR count). The van der Waals surface area contributed by atoms with Crippen LogP contribution in [0.1, 0.15) is 37.1 Å². The number of fused-ring (bicyclic) bond motifs is 5. The Morgan fingerprint density at radius 1 is 1.26 bits per heavy atom. The second-order valence-electron chi connectivity index (χ2n) is 9.17. The lowest BCUT2D eigenvalue weighted by molar-refractivity contribution is -0.137. The maximum atomic E-state index is 12.7. The molecule has 3 aromatic rings. The number of esters is 1. The largest absolute Gasteiger partial charge is 0.504 e. The van der Waals surface area contributed by atoms with Crippen LogP contribution in [0.25, 0.3) is 22.0 Å². The van der Waals surface area contributed by atoms with E-state index in [2.05, 4.69) is 22.9 Å². The van der Waals surface area contributed by atoms with Crippen LogP contribution in [-0.2, 0) is 20.7 Å². The summed E-state index contributed by atoms with van der Waals surface area (Å²) in [6.45, 7) is 4.11. The van der Waals surface area contributed by atoms with Gasteiger partial charge in [0.1, 0.15) is 5.75 Å². The predicted molar refractivity (Wildman–Crippen MR) is 130 cm³/mol. The van der Waals surface area contributed by atoms with E-state index in [-0.39, 0.29) is 17.9 Å². The van der Waals surface area contributed by atoms with Gasteiger partial charge in [0.05, 0.1) is 57.2 Å². The van der Waals surface area contributed by atoms with E-state index < -0.39 is 0 Å². The first kappa shape index (κ1) is 22.6. The molecule has 4 heterocycles. The van der Waals surface area contributed by atoms with E-state index in [1.54, 1.807) is 33.0 Å². The number of piperidine rings is 1. The highest BCUT2D eigenvalue weighted by atomic mass is 16.5. The van der Waals surface area contributed by atoms with Crippen LogP contribution in [0, 0.1) is 11.8 Å². The molecule has 0 bridgehead atoms. The Balaban J connectivity index is 1.62. The highest BCUT2D eigenvalue weighted by Gasteiger charge is 2.43. The van der Waals surface area contributed by atoms with E-state index >= 15 is 0 Å². The van der Waals surface area contributed by atoms with Gasteiger partial charge in [-0.2, -0.15) is 0 Å². The zero-order chi connectivity index (χ0) is 23.8. The van der Waals surface area contributed by atoms with E-state index in [1.807, 2.05) is 12.1 Å². The number of carbonyl (C=O) groups is 1. The molecular formula is C27H32N2O5. The minimum absolute atomic E-state index is 0.0613. The number of benzene rings is 1. The highest BCUT2D eigenvalue weighted by Crippen LogP contribution is 2.48. The van der Waals surface area contributed by atoms with E-state index in [0.29, 0.717) is 11.5 Å². The summed E-state index contributed by atoms with van der Waals surface area (Å²) >= 11 is 0. The summed E-state index contributed by atoms with van der Waals surface area (Å²) in [6, 6.07) is 6.28. The number of carbonyl (C=O) groups excluding carboxylic acids is 1. The molecule has 1 fully saturated rings. The van der Waals surface area contributed by atoms with Gasteiger partial charge in [-0.05, 0) is 48.4 Å². The van der Waals surface area contributed by atoms with Crippen LogP contribution in [0.15, 0.2) is 47.0 Å². The number of aromatic nitrogens is 1. The summed E-state index contributed by atoms with van der Waals surface area (Å²) in [5.41, 5.74) is 6.35. The van der Waals surface area contributed by atoms with Crippen molar-refractivity contribution in [1.82, 2.24) is 9.88 Å². The lowest BCUT2D eigenvalue weighted by atomic mass is 9.74. The fourth-order valence-corrected chi connectivity index (χ4v) is 6.00. The molecule has 0 amide bonds. The van der Waals surface area contributed by atoms with Gasteiger partial charge in [-0.3, -0.25) is 4.90 Å². The van der Waals surface area contributed by atoms with Crippen molar-refractivity contribution < 1.29 is 23.4 Å². The van der Waals surface area contributed by atoms with Gasteiger partial charge < -0.3 is 23.6 Å². The van der Waals surface area contributed by atoms with Crippen LogP contribution in [0.3, 0.4) is 0 Å². The topological polar surface area (TPSA) is 76.9 Å². The Hall–Kier alpha value is -3.19. The Kier molecular flexibility index (Phi) is 6.13. The Bertz CT molecular complexity index is 1210. The van der Waals surface area contributed by atoms with Crippen molar-refractivity contribution in [3.8, 4) is 16.9 Å². The first-order chi connectivity index (χ1) is 16.6. The number of nitrogens with zero attached hydrogens (tertiary/aromatic N) is 1. The normalized spacial score (nSPS) is 22.8. The standard InChI is InChI=1S/C27H32N2O5/c1-5-16-13-29-10-8-19-24-23(32-3)7-6-18(17-9-11-34-14-17)26(24)28-25(19)22(29)12-20(16)21(15-31-2)27(30)33-4/h6-7,9,11,14-16,20,22,28H,5,8,10,12-13H2,1-4H3/b21-15+/t16-,20+,22+/m1/s1. The van der Waals surface area contributed by atoms with Crippen molar-refractivity contribution in [3.63, 3.8) is 0 Å². The minimum atomic E-state index is -0.310. The van der Waals surface area contributed by atoms with Crippen molar-refractivity contribution in [3.05, 3.63) is 53.8 Å². The SMILES string of the molecule is CC[C@@H]1CN2CCc3c([nH]c4c(-c5ccoc5)ccc(OC)c34)[C@@H]2C[C@@H]1/C(=C\OC)C(=O)OC. The molecule has 2 aliphatic rings. The molecule has 0 radical (unpaired) electrons. The molecule has 7 nitrogen and oxygen atoms in total. The highest BCUT2D eigenvalue weighted by molar-refractivity contribution is 6.01. The second kappa shape index (κ2) is 9.22. The maximum absolute atomic E-state index is 12.7. The monoisotopic (exact) mass is 464 g/mol. The molecule has 1 saturated heterocycles. The quantitative estimate of drug-likeness (QED) is 0.311. The molecule has 1 aromatic carbocycles. The van der Waals surface area contributed by atoms with Crippen molar-refractivity contribution in [2.75, 3.05) is 34.4 Å². The number of hydrogen-bond donors (Lipinski definition) is 1. The van der Waals surface area contributed by atoms with Crippen LogP contribution in [-0.4, -0.2) is 50.3 Å². The van der Waals surface area contributed by atoms with E-state index in [0.717, 1.165) is 60.1 Å². The number of ether oxygens (including phenoxy) is 3. The molecule has 2 aliphatic heterocycles. The summed E-state index contributed by atoms with van der Waals surface area (Å²) < 4.78 is 21.6. The molecule has 1 N–H and O–H groups in total. The van der Waals surface area contributed by atoms with Crippen LogP contribution in [0.4, 0.5) is 0 Å². The van der Waals surface area contributed by atoms with Crippen LogP contribution in [0.2, 0.25) is 0 Å². The van der Waals surface area contributed by atoms with Gasteiger partial charge in [-0.25, -0.2) is 4.79 Å². The van der Waals surface area contributed by atoms with Crippen molar-refractivity contribution in [2.45, 2.75) is 32.2 Å². The summed E-state index contributed by atoms with van der Waals surface area (Å²) in [5, 5.41) is 1.14. The minimum Gasteiger partial charge on any atom is -0.504 e. The second-order valence-corrected chi connectivity index (χ2v) is 9.17. The number of furan rings is 1. The molecule has 3 atom stereocenters. The smallest absolute Gasteiger partial charge is 0.337 e. The molecule has 180 valence electrons. The average Bonchev–Trinajstić information content (AvgIpc) is 3.54. The fraction of sp³-hybridized carbons (Fsp3) is 0.444. The number of aromatic amines is 1. The lowest BCUT2D eigenvalue weighted by Crippen LogP contribution is -2.47. The van der Waals surface area contributed by atoms with Crippen LogP contribution >= 0.6 is 0 Å². The third kappa shape index (κ3) is 3.59. The van der Waals surface area contributed by atoms with Crippen LogP contribution in [0.5, 0.6) is 5.75 Å². The third-order valence-electron chi connectivity index (χ3n) is 7.63. The van der Waals surface area contributed by atoms with E-state index in [9.17, 15) is 4.79 Å². The van der Waals surface area contributed by atoms with Gasteiger partial charge in [-0.1, -0.05) is 13.3 Å². The summed E-state index contributed by atoms with van der Waals surface area (Å²) in [6.07, 6.45) is 7.81. The molecule has 2 aromatic heterocycles. The molecule has 0 spiro atoms. The zero-order valence-electron chi connectivity index (χ0n) is 20.2. The number of nitrogens with one attached hydrogen (secondary N) is 1. The van der Waals surface area contributed by atoms with Gasteiger partial charge in [-0.15, -0.1) is 0 Å². The van der Waals surface area contributed by atoms with Gasteiger partial charge >= 0.3 is 5.97 Å². The first-order valence-corrected chi connectivity index (χ1v) is 11.9. The van der Waals surface area contributed by atoms with Gasteiger partial charge in [0.15, 0.2) is 0 Å². The molecule has 0 unspecified atom stereocenters. The number of hydrogen-bond acceptors (Lipinski definition) is 6. The Morgan fingerprint density at radius 3 is 2.79 bits per heavy atom. The number of methoxy groups -OCH3 is 3. The van der Waals surface area contributed by atoms with Crippen molar-refractivity contribution >= 4 is 16.9 Å². The molecule has 0 saturated carbocycles. The van der Waals surface area contributed by atoms with Crippen molar-refractivity contribution in [1.29, 1.82) is 0 Å². The summed E-state index contributed by atoms with van der Waals surface area (Å²) in [5.74, 6) is 0.988. The molecule has 0 aliphatic carbocycles. The molecular weight excluding hydrogens is 432 g/mol.